The molecule has 1 spiro atoms. The Balaban J connectivity index is 1.39. The number of ketones is 1. The molecule has 0 amide bonds. The number of rotatable bonds is 2. The van der Waals surface area contributed by atoms with Gasteiger partial charge in [0.05, 0.1) is 37.2 Å². The molecule has 4 heterocycles. The van der Waals surface area contributed by atoms with E-state index in [1.165, 1.54) is 0 Å². The number of carbonyl (C=O) groups is 1. The molecule has 7 nitrogen and oxygen atoms in total. The van der Waals surface area contributed by atoms with Crippen LogP contribution in [-0.2, 0) is 16.0 Å². The molecule has 0 unspecified atom stereocenters. The smallest absolute Gasteiger partial charge is 0.182 e. The fraction of sp³-hybridized carbons (Fsp3) is 0.500. The van der Waals surface area contributed by atoms with E-state index in [-0.39, 0.29) is 11.6 Å². The third kappa shape index (κ3) is 2.59. The molecule has 2 saturated heterocycles. The zero-order valence-corrected chi connectivity index (χ0v) is 14.0. The molecule has 7 heteroatoms. The van der Waals surface area contributed by atoms with Crippen molar-refractivity contribution in [3.8, 4) is 0 Å². The van der Waals surface area contributed by atoms with Gasteiger partial charge in [-0.15, -0.1) is 0 Å². The Morgan fingerprint density at radius 2 is 1.96 bits per heavy atom. The van der Waals surface area contributed by atoms with E-state index in [0.717, 1.165) is 48.5 Å². The second kappa shape index (κ2) is 5.72. The third-order valence-corrected chi connectivity index (χ3v) is 5.28. The number of carbonyl (C=O) groups excluding carboxylic acids is 1. The van der Waals surface area contributed by atoms with E-state index >= 15 is 0 Å². The van der Waals surface area contributed by atoms with Gasteiger partial charge in [-0.25, -0.2) is 9.97 Å². The molecule has 2 fully saturated rings. The first kappa shape index (κ1) is 15.2. The molecular weight excluding hydrogens is 320 g/mol. The van der Waals surface area contributed by atoms with Gasteiger partial charge in [-0.1, -0.05) is 12.1 Å². The summed E-state index contributed by atoms with van der Waals surface area (Å²) in [6.07, 6.45) is 1.76. The maximum Gasteiger partial charge on any atom is 0.182 e. The number of anilines is 1. The van der Waals surface area contributed by atoms with Crippen molar-refractivity contribution in [2.75, 3.05) is 38.2 Å². The van der Waals surface area contributed by atoms with Crippen molar-refractivity contribution in [2.24, 2.45) is 0 Å². The largest absolute Gasteiger partial charge is 0.362 e. The van der Waals surface area contributed by atoms with Crippen molar-refractivity contribution in [1.29, 1.82) is 0 Å². The van der Waals surface area contributed by atoms with Crippen molar-refractivity contribution in [3.63, 3.8) is 0 Å². The van der Waals surface area contributed by atoms with Gasteiger partial charge in [0.25, 0.3) is 0 Å². The summed E-state index contributed by atoms with van der Waals surface area (Å²) in [4.78, 5) is 23.7. The summed E-state index contributed by atoms with van der Waals surface area (Å²) >= 11 is 0. The Morgan fingerprint density at radius 3 is 2.76 bits per heavy atom. The topological polar surface area (TPSA) is 76.6 Å². The van der Waals surface area contributed by atoms with Crippen molar-refractivity contribution >= 4 is 22.5 Å². The summed E-state index contributed by atoms with van der Waals surface area (Å²) in [5, 5.41) is 3.98. The standard InChI is InChI=1S/C18H20N4O3/c23-14-10-19-17-16-12(14)2-1-3-13(16)20-15(21-17)11-22-6-4-18(5-7-22)24-8-9-25-18/h1-3H,4-11H2,(H,19,20,21). The lowest BCUT2D eigenvalue weighted by Crippen LogP contribution is -2.44. The van der Waals surface area contributed by atoms with Gasteiger partial charge < -0.3 is 14.8 Å². The highest BCUT2D eigenvalue weighted by Crippen LogP contribution is 2.32. The maximum absolute atomic E-state index is 12.0. The summed E-state index contributed by atoms with van der Waals surface area (Å²) in [6.45, 7) is 4.20. The van der Waals surface area contributed by atoms with Crippen LogP contribution in [0.4, 0.5) is 5.82 Å². The molecule has 0 saturated carbocycles. The van der Waals surface area contributed by atoms with Crippen LogP contribution in [0.25, 0.3) is 10.9 Å². The van der Waals surface area contributed by atoms with Gasteiger partial charge in [-0.05, 0) is 6.07 Å². The lowest BCUT2D eigenvalue weighted by molar-refractivity contribution is -0.185. The van der Waals surface area contributed by atoms with Crippen LogP contribution in [-0.4, -0.2) is 59.3 Å². The van der Waals surface area contributed by atoms with Crippen LogP contribution in [0.15, 0.2) is 18.2 Å². The first-order valence-electron chi connectivity index (χ1n) is 8.79. The van der Waals surface area contributed by atoms with E-state index in [4.69, 9.17) is 9.47 Å². The minimum atomic E-state index is -0.358. The van der Waals surface area contributed by atoms with Crippen molar-refractivity contribution < 1.29 is 14.3 Å². The summed E-state index contributed by atoms with van der Waals surface area (Å²) in [6, 6.07) is 5.68. The fourth-order valence-corrected chi connectivity index (χ4v) is 3.96. The second-order valence-corrected chi connectivity index (χ2v) is 6.85. The summed E-state index contributed by atoms with van der Waals surface area (Å²) in [5.41, 5.74) is 1.54. The number of hydrogen-bond donors (Lipinski definition) is 1. The second-order valence-electron chi connectivity index (χ2n) is 6.85. The van der Waals surface area contributed by atoms with E-state index in [9.17, 15) is 4.79 Å². The lowest BCUT2D eigenvalue weighted by Gasteiger charge is -2.37. The number of hydrogen-bond acceptors (Lipinski definition) is 7. The van der Waals surface area contributed by atoms with Crippen LogP contribution >= 0.6 is 0 Å². The van der Waals surface area contributed by atoms with Gasteiger partial charge in [0.15, 0.2) is 11.6 Å². The number of aromatic nitrogens is 2. The summed E-state index contributed by atoms with van der Waals surface area (Å²) in [7, 11) is 0. The Hall–Kier alpha value is -2.09. The lowest BCUT2D eigenvalue weighted by atomic mass is 10.0. The Morgan fingerprint density at radius 1 is 1.16 bits per heavy atom. The molecule has 0 aliphatic carbocycles. The highest BCUT2D eigenvalue weighted by Gasteiger charge is 2.39. The van der Waals surface area contributed by atoms with Crippen LogP contribution < -0.4 is 5.32 Å². The van der Waals surface area contributed by atoms with Crippen LogP contribution in [0.1, 0.15) is 29.0 Å². The average Bonchev–Trinajstić information content (AvgIpc) is 3.08. The Bertz CT molecular complexity index is 838. The molecule has 2 aromatic rings. The van der Waals surface area contributed by atoms with Gasteiger partial charge in [-0.3, -0.25) is 9.69 Å². The predicted octanol–water partition coefficient (Wildman–Crippen LogP) is 1.58. The Kier molecular flexibility index (Phi) is 3.48. The number of ether oxygens (including phenoxy) is 2. The van der Waals surface area contributed by atoms with Crippen LogP contribution in [0, 0.1) is 0 Å². The summed E-state index contributed by atoms with van der Waals surface area (Å²) < 4.78 is 11.6. The number of nitrogens with zero attached hydrogens (tertiary/aromatic N) is 3. The van der Waals surface area contributed by atoms with Gasteiger partial charge >= 0.3 is 0 Å². The van der Waals surface area contributed by atoms with E-state index in [1.54, 1.807) is 0 Å². The molecule has 25 heavy (non-hydrogen) atoms. The Labute approximate surface area is 145 Å². The molecule has 0 radical (unpaired) electrons. The van der Waals surface area contributed by atoms with Gasteiger partial charge in [0, 0.05) is 31.5 Å². The molecule has 0 bridgehead atoms. The molecule has 5 rings (SSSR count). The highest BCUT2D eigenvalue weighted by atomic mass is 16.7. The first-order chi connectivity index (χ1) is 12.2. The maximum atomic E-state index is 12.0. The van der Waals surface area contributed by atoms with Crippen LogP contribution in [0.5, 0.6) is 0 Å². The van der Waals surface area contributed by atoms with Crippen molar-refractivity contribution in [2.45, 2.75) is 25.2 Å². The third-order valence-electron chi connectivity index (χ3n) is 5.28. The van der Waals surface area contributed by atoms with Crippen LogP contribution in [0.3, 0.4) is 0 Å². The zero-order chi connectivity index (χ0) is 16.9. The van der Waals surface area contributed by atoms with Crippen molar-refractivity contribution in [1.82, 2.24) is 14.9 Å². The van der Waals surface area contributed by atoms with E-state index in [0.29, 0.717) is 31.9 Å². The molecule has 3 aliphatic rings. The van der Waals surface area contributed by atoms with E-state index in [2.05, 4.69) is 20.2 Å². The highest BCUT2D eigenvalue weighted by molar-refractivity contribution is 6.15. The number of likely N-dealkylation sites (tertiary alicyclic amines) is 1. The first-order valence-corrected chi connectivity index (χ1v) is 8.79. The number of Topliss-reactive ketones (excluding diaryl/α,β-unsaturated/α-hetero) is 1. The van der Waals surface area contributed by atoms with Gasteiger partial charge in [0.2, 0.25) is 0 Å². The average molecular weight is 340 g/mol. The molecule has 1 aromatic carbocycles. The molecule has 1 N–H and O–H groups in total. The van der Waals surface area contributed by atoms with Gasteiger partial charge in [0.1, 0.15) is 11.6 Å². The predicted molar refractivity (Wildman–Crippen MR) is 91.5 cm³/mol. The molecule has 130 valence electrons. The normalized spacial score (nSPS) is 22.5. The quantitative estimate of drug-likeness (QED) is 0.889. The molecule has 1 aromatic heterocycles. The summed E-state index contributed by atoms with van der Waals surface area (Å²) in [5.74, 6) is 1.29. The van der Waals surface area contributed by atoms with E-state index in [1.807, 2.05) is 18.2 Å². The zero-order valence-electron chi connectivity index (χ0n) is 14.0. The number of benzene rings is 1. The van der Waals surface area contributed by atoms with Crippen molar-refractivity contribution in [3.05, 3.63) is 29.6 Å². The number of piperidine rings is 1. The van der Waals surface area contributed by atoms with Gasteiger partial charge in [-0.2, -0.15) is 0 Å². The SMILES string of the molecule is O=C1CNc2nc(CN3CCC4(CC3)OCCO4)nc3cccc1c23. The fourth-order valence-electron chi connectivity index (χ4n) is 3.96. The molecule has 3 aliphatic heterocycles. The minimum Gasteiger partial charge on any atom is -0.362 e. The monoisotopic (exact) mass is 340 g/mol. The van der Waals surface area contributed by atoms with Crippen LogP contribution in [0.2, 0.25) is 0 Å². The minimum absolute atomic E-state index is 0.0901. The number of nitrogens with one attached hydrogen (secondary N) is 1. The van der Waals surface area contributed by atoms with E-state index < -0.39 is 0 Å². The molecular formula is C18H20N4O3. The molecule has 0 atom stereocenters.